The molecule has 0 spiro atoms. The van der Waals surface area contributed by atoms with Gasteiger partial charge in [0.2, 0.25) is 5.91 Å². The molecule has 1 aliphatic heterocycles. The van der Waals surface area contributed by atoms with E-state index in [1.807, 2.05) is 0 Å². The summed E-state index contributed by atoms with van der Waals surface area (Å²) in [6.45, 7) is 3.08. The lowest BCUT2D eigenvalue weighted by atomic mass is 10.00. The Hall–Kier alpha value is -2.65. The highest BCUT2D eigenvalue weighted by molar-refractivity contribution is 6.33. The molecule has 146 valence electrons. The van der Waals surface area contributed by atoms with Gasteiger partial charge < -0.3 is 10.6 Å². The third-order valence-electron chi connectivity index (χ3n) is 4.18. The first-order chi connectivity index (χ1) is 12.7. The lowest BCUT2D eigenvalue weighted by Crippen LogP contribution is -2.51. The van der Waals surface area contributed by atoms with Crippen LogP contribution in [0.15, 0.2) is 24.3 Å². The van der Waals surface area contributed by atoms with Crippen LogP contribution in [0.25, 0.3) is 0 Å². The van der Waals surface area contributed by atoms with Crippen LogP contribution in [-0.2, 0) is 14.4 Å². The molecule has 2 rings (SSSR count). The molecule has 9 nitrogen and oxygen atoms in total. The standard InChI is InChI=1S/C17H22ClN5O4/c1-4-17(2)15(26)23(16(27)20-17)21-14(25)10-22(3)9-13(24)19-12-8-6-5-7-11(12)18/h5-8H,4,9-10H2,1-3H3,(H,19,24)(H,20,27)(H,21,25). The molecule has 1 atom stereocenters. The molecular weight excluding hydrogens is 374 g/mol. The highest BCUT2D eigenvalue weighted by Gasteiger charge is 2.47. The molecule has 1 saturated heterocycles. The van der Waals surface area contributed by atoms with Gasteiger partial charge in [0.25, 0.3) is 11.8 Å². The number of para-hydroxylation sites is 1. The number of imide groups is 1. The van der Waals surface area contributed by atoms with E-state index in [1.54, 1.807) is 45.2 Å². The smallest absolute Gasteiger partial charge is 0.324 e. The molecule has 1 aromatic carbocycles. The van der Waals surface area contributed by atoms with Crippen molar-refractivity contribution in [1.82, 2.24) is 20.7 Å². The molecule has 0 radical (unpaired) electrons. The zero-order valence-electron chi connectivity index (χ0n) is 15.3. The van der Waals surface area contributed by atoms with Crippen molar-refractivity contribution in [1.29, 1.82) is 0 Å². The fourth-order valence-corrected chi connectivity index (χ4v) is 2.67. The summed E-state index contributed by atoms with van der Waals surface area (Å²) in [6.07, 6.45) is 0.395. The molecule has 1 fully saturated rings. The van der Waals surface area contributed by atoms with Crippen molar-refractivity contribution in [3.63, 3.8) is 0 Å². The average molecular weight is 396 g/mol. The molecule has 0 aliphatic carbocycles. The van der Waals surface area contributed by atoms with Crippen molar-refractivity contribution in [3.8, 4) is 0 Å². The van der Waals surface area contributed by atoms with Gasteiger partial charge in [0.1, 0.15) is 5.54 Å². The van der Waals surface area contributed by atoms with Gasteiger partial charge in [-0.25, -0.2) is 4.79 Å². The Kier molecular flexibility index (Phi) is 6.40. The second kappa shape index (κ2) is 8.36. The van der Waals surface area contributed by atoms with Crippen LogP contribution in [0.5, 0.6) is 0 Å². The molecule has 1 heterocycles. The number of hydrazine groups is 1. The summed E-state index contributed by atoms with van der Waals surface area (Å²) in [5.74, 6) is -1.47. The van der Waals surface area contributed by atoms with E-state index in [0.717, 1.165) is 0 Å². The monoisotopic (exact) mass is 395 g/mol. The summed E-state index contributed by atoms with van der Waals surface area (Å²) in [5, 5.41) is 6.26. The number of nitrogens with one attached hydrogen (secondary N) is 3. The zero-order valence-corrected chi connectivity index (χ0v) is 16.1. The number of halogens is 1. The Morgan fingerprint density at radius 1 is 1.22 bits per heavy atom. The zero-order chi connectivity index (χ0) is 20.2. The minimum absolute atomic E-state index is 0.0779. The predicted molar refractivity (Wildman–Crippen MR) is 99.8 cm³/mol. The fourth-order valence-electron chi connectivity index (χ4n) is 2.48. The number of amides is 5. The van der Waals surface area contributed by atoms with E-state index in [9.17, 15) is 19.2 Å². The number of carbonyl (C=O) groups excluding carboxylic acids is 4. The van der Waals surface area contributed by atoms with Crippen molar-refractivity contribution in [2.24, 2.45) is 0 Å². The Labute approximate surface area is 162 Å². The summed E-state index contributed by atoms with van der Waals surface area (Å²) in [6, 6.07) is 6.11. The highest BCUT2D eigenvalue weighted by atomic mass is 35.5. The summed E-state index contributed by atoms with van der Waals surface area (Å²) in [5.41, 5.74) is 1.71. The van der Waals surface area contributed by atoms with Crippen LogP contribution < -0.4 is 16.1 Å². The van der Waals surface area contributed by atoms with Crippen LogP contribution in [0.3, 0.4) is 0 Å². The van der Waals surface area contributed by atoms with E-state index < -0.39 is 23.4 Å². The maximum Gasteiger partial charge on any atom is 0.344 e. The molecule has 27 heavy (non-hydrogen) atoms. The van der Waals surface area contributed by atoms with Crippen molar-refractivity contribution < 1.29 is 19.2 Å². The van der Waals surface area contributed by atoms with Gasteiger partial charge in [-0.2, -0.15) is 5.01 Å². The molecular formula is C17H22ClN5O4. The lowest BCUT2D eigenvalue weighted by Gasteiger charge is -2.21. The summed E-state index contributed by atoms with van der Waals surface area (Å²) >= 11 is 5.98. The van der Waals surface area contributed by atoms with Crippen molar-refractivity contribution >= 4 is 41.0 Å². The van der Waals surface area contributed by atoms with Crippen molar-refractivity contribution in [2.45, 2.75) is 25.8 Å². The number of rotatable bonds is 7. The van der Waals surface area contributed by atoms with E-state index in [4.69, 9.17) is 11.6 Å². The van der Waals surface area contributed by atoms with E-state index in [1.165, 1.54) is 4.90 Å². The number of carbonyl (C=O) groups is 4. The van der Waals surface area contributed by atoms with Gasteiger partial charge in [0.05, 0.1) is 23.8 Å². The van der Waals surface area contributed by atoms with Crippen LogP contribution in [0.4, 0.5) is 10.5 Å². The van der Waals surface area contributed by atoms with Gasteiger partial charge >= 0.3 is 6.03 Å². The molecule has 3 N–H and O–H groups in total. The number of anilines is 1. The number of benzene rings is 1. The lowest BCUT2D eigenvalue weighted by molar-refractivity contribution is -0.139. The minimum atomic E-state index is -1.04. The first-order valence-electron chi connectivity index (χ1n) is 8.35. The molecule has 5 amide bonds. The van der Waals surface area contributed by atoms with Gasteiger partial charge in [-0.3, -0.25) is 24.7 Å². The predicted octanol–water partition coefficient (Wildman–Crippen LogP) is 0.962. The van der Waals surface area contributed by atoms with Gasteiger partial charge in [-0.1, -0.05) is 30.7 Å². The quantitative estimate of drug-likeness (QED) is 0.595. The molecule has 1 unspecified atom stereocenters. The third-order valence-corrected chi connectivity index (χ3v) is 4.51. The first-order valence-corrected chi connectivity index (χ1v) is 8.73. The van der Waals surface area contributed by atoms with E-state index in [-0.39, 0.29) is 19.0 Å². The van der Waals surface area contributed by atoms with Crippen molar-refractivity contribution in [3.05, 3.63) is 29.3 Å². The van der Waals surface area contributed by atoms with Crippen LogP contribution in [0, 0.1) is 0 Å². The molecule has 0 bridgehead atoms. The highest BCUT2D eigenvalue weighted by Crippen LogP contribution is 2.20. The van der Waals surface area contributed by atoms with Crippen LogP contribution in [0.1, 0.15) is 20.3 Å². The molecule has 10 heteroatoms. The maximum atomic E-state index is 12.2. The molecule has 1 aliphatic rings. The minimum Gasteiger partial charge on any atom is -0.324 e. The molecule has 0 saturated carbocycles. The number of hydrogen-bond acceptors (Lipinski definition) is 5. The Morgan fingerprint density at radius 3 is 2.44 bits per heavy atom. The number of nitrogens with zero attached hydrogens (tertiary/aromatic N) is 2. The van der Waals surface area contributed by atoms with Gasteiger partial charge in [0.15, 0.2) is 0 Å². The summed E-state index contributed by atoms with van der Waals surface area (Å²) in [4.78, 5) is 49.7. The van der Waals surface area contributed by atoms with Crippen LogP contribution in [-0.4, -0.2) is 59.3 Å². The fraction of sp³-hybridized carbons (Fsp3) is 0.412. The number of hydrogen-bond donors (Lipinski definition) is 3. The topological polar surface area (TPSA) is 111 Å². The Balaban J connectivity index is 1.85. The number of urea groups is 1. The molecule has 1 aromatic rings. The molecule has 0 aromatic heterocycles. The second-order valence-corrected chi connectivity index (χ2v) is 6.90. The summed E-state index contributed by atoms with van der Waals surface area (Å²) < 4.78 is 0. The van der Waals surface area contributed by atoms with E-state index in [2.05, 4.69) is 16.1 Å². The van der Waals surface area contributed by atoms with Gasteiger partial charge in [-0.15, -0.1) is 0 Å². The normalized spacial score (nSPS) is 19.2. The average Bonchev–Trinajstić information content (AvgIpc) is 2.80. The van der Waals surface area contributed by atoms with E-state index >= 15 is 0 Å². The van der Waals surface area contributed by atoms with Gasteiger partial charge in [-0.05, 0) is 32.5 Å². The van der Waals surface area contributed by atoms with Gasteiger partial charge in [0, 0.05) is 0 Å². The van der Waals surface area contributed by atoms with Crippen LogP contribution in [0.2, 0.25) is 5.02 Å². The maximum absolute atomic E-state index is 12.2. The van der Waals surface area contributed by atoms with Crippen molar-refractivity contribution in [2.75, 3.05) is 25.5 Å². The second-order valence-electron chi connectivity index (χ2n) is 6.49. The van der Waals surface area contributed by atoms with Crippen LogP contribution >= 0.6 is 11.6 Å². The largest absolute Gasteiger partial charge is 0.344 e. The third kappa shape index (κ3) is 4.95. The summed E-state index contributed by atoms with van der Waals surface area (Å²) in [7, 11) is 1.56. The Bertz CT molecular complexity index is 771. The Morgan fingerprint density at radius 2 is 1.85 bits per heavy atom. The SMILES string of the molecule is CCC1(C)NC(=O)N(NC(=O)CN(C)CC(=O)Nc2ccccc2Cl)C1=O. The van der Waals surface area contributed by atoms with E-state index in [0.29, 0.717) is 22.1 Å². The number of likely N-dealkylation sites (N-methyl/N-ethyl adjacent to an activating group) is 1. The first kappa shape index (κ1) is 20.7.